The van der Waals surface area contributed by atoms with E-state index in [1.807, 2.05) is 0 Å². The number of ether oxygens (including phenoxy) is 4. The number of hydrogen-bond donors (Lipinski definition) is 0. The maximum absolute atomic E-state index is 11.9. The summed E-state index contributed by atoms with van der Waals surface area (Å²) in [6, 6.07) is 13.2. The summed E-state index contributed by atoms with van der Waals surface area (Å²) >= 11 is 0. The Labute approximate surface area is 155 Å². The molecular weight excluding hydrogens is 352 g/mol. The molecule has 0 bridgehead atoms. The van der Waals surface area contributed by atoms with Crippen molar-refractivity contribution in [2.45, 2.75) is 6.61 Å². The summed E-state index contributed by atoms with van der Waals surface area (Å²) in [7, 11) is 3.09. The number of carbonyl (C=O) groups excluding carboxylic acids is 1. The highest BCUT2D eigenvalue weighted by atomic mass is 16.6. The fourth-order valence-corrected chi connectivity index (χ4v) is 2.47. The first-order chi connectivity index (χ1) is 13.1. The van der Waals surface area contributed by atoms with E-state index in [1.165, 1.54) is 13.2 Å². The third-order valence-corrected chi connectivity index (χ3v) is 3.84. The maximum atomic E-state index is 11.9. The molecule has 0 atom stereocenters. The van der Waals surface area contributed by atoms with Crippen molar-refractivity contribution in [1.29, 1.82) is 0 Å². The fourth-order valence-electron chi connectivity index (χ4n) is 2.47. The van der Waals surface area contributed by atoms with Gasteiger partial charge in [0.25, 0.3) is 0 Å². The molecular formula is C20H18O7. The molecule has 0 radical (unpaired) electrons. The van der Waals surface area contributed by atoms with Crippen LogP contribution in [0.4, 0.5) is 0 Å². The summed E-state index contributed by atoms with van der Waals surface area (Å²) in [4.78, 5) is 23.7. The monoisotopic (exact) mass is 370 g/mol. The average Bonchev–Trinajstić information content (AvgIpc) is 2.70. The number of benzene rings is 2. The molecule has 0 saturated heterocycles. The molecule has 3 aromatic rings. The fraction of sp³-hybridized carbons (Fsp3) is 0.200. The van der Waals surface area contributed by atoms with Gasteiger partial charge in [-0.25, -0.2) is 9.59 Å². The van der Waals surface area contributed by atoms with Gasteiger partial charge < -0.3 is 23.4 Å². The van der Waals surface area contributed by atoms with Crippen LogP contribution in [0.5, 0.6) is 17.2 Å². The lowest BCUT2D eigenvalue weighted by Crippen LogP contribution is -2.15. The third-order valence-electron chi connectivity index (χ3n) is 3.84. The quantitative estimate of drug-likeness (QED) is 0.467. The van der Waals surface area contributed by atoms with Gasteiger partial charge >= 0.3 is 11.6 Å². The van der Waals surface area contributed by atoms with Gasteiger partial charge in [0.15, 0.2) is 6.61 Å². The van der Waals surface area contributed by atoms with Gasteiger partial charge in [-0.05, 0) is 36.4 Å². The molecule has 0 aliphatic heterocycles. The first-order valence-corrected chi connectivity index (χ1v) is 8.12. The SMILES string of the molecule is COc1ccc(OCC(=O)OCc2cc(=O)oc3cc(OC)ccc23)cc1. The zero-order valence-electron chi connectivity index (χ0n) is 14.9. The van der Waals surface area contributed by atoms with Crippen LogP contribution in [0.2, 0.25) is 0 Å². The van der Waals surface area contributed by atoms with Crippen LogP contribution in [0.3, 0.4) is 0 Å². The van der Waals surface area contributed by atoms with Crippen LogP contribution in [0.25, 0.3) is 11.0 Å². The Morgan fingerprint density at radius 2 is 1.59 bits per heavy atom. The zero-order chi connectivity index (χ0) is 19.2. The Kier molecular flexibility index (Phi) is 5.61. The van der Waals surface area contributed by atoms with Crippen LogP contribution in [0.15, 0.2) is 57.7 Å². The van der Waals surface area contributed by atoms with E-state index in [0.29, 0.717) is 33.8 Å². The van der Waals surface area contributed by atoms with E-state index in [0.717, 1.165) is 0 Å². The smallest absolute Gasteiger partial charge is 0.344 e. The van der Waals surface area contributed by atoms with Gasteiger partial charge in [0.2, 0.25) is 0 Å². The minimum absolute atomic E-state index is 0.0702. The van der Waals surface area contributed by atoms with Crippen LogP contribution >= 0.6 is 0 Å². The van der Waals surface area contributed by atoms with Crippen LogP contribution in [-0.4, -0.2) is 26.8 Å². The molecule has 0 fully saturated rings. The highest BCUT2D eigenvalue weighted by Gasteiger charge is 2.10. The van der Waals surface area contributed by atoms with E-state index in [4.69, 9.17) is 23.4 Å². The number of esters is 1. The van der Waals surface area contributed by atoms with E-state index in [2.05, 4.69) is 0 Å². The Hall–Kier alpha value is -3.48. The molecule has 7 heteroatoms. The summed E-state index contributed by atoms with van der Waals surface area (Å²) in [5.74, 6) is 1.22. The minimum atomic E-state index is -0.555. The van der Waals surface area contributed by atoms with Gasteiger partial charge in [-0.2, -0.15) is 0 Å². The largest absolute Gasteiger partial charge is 0.497 e. The Morgan fingerprint density at radius 1 is 0.926 bits per heavy atom. The minimum Gasteiger partial charge on any atom is -0.497 e. The second-order valence-corrected chi connectivity index (χ2v) is 5.58. The number of carbonyl (C=O) groups is 1. The number of hydrogen-bond acceptors (Lipinski definition) is 7. The highest BCUT2D eigenvalue weighted by Crippen LogP contribution is 2.23. The van der Waals surface area contributed by atoms with E-state index in [9.17, 15) is 9.59 Å². The molecule has 7 nitrogen and oxygen atoms in total. The van der Waals surface area contributed by atoms with Gasteiger partial charge in [0.05, 0.1) is 14.2 Å². The summed E-state index contributed by atoms with van der Waals surface area (Å²) in [5, 5.41) is 0.666. The summed E-state index contributed by atoms with van der Waals surface area (Å²) in [6.45, 7) is -0.321. The normalized spacial score (nSPS) is 10.4. The molecule has 0 N–H and O–H groups in total. The van der Waals surface area contributed by atoms with Crippen molar-refractivity contribution in [2.24, 2.45) is 0 Å². The lowest BCUT2D eigenvalue weighted by Gasteiger charge is -2.09. The molecule has 0 aliphatic rings. The summed E-state index contributed by atoms with van der Waals surface area (Å²) in [5.41, 5.74) is 0.375. The maximum Gasteiger partial charge on any atom is 0.344 e. The Balaban J connectivity index is 1.63. The number of fused-ring (bicyclic) bond motifs is 1. The van der Waals surface area contributed by atoms with Crippen LogP contribution < -0.4 is 19.8 Å². The summed E-state index contributed by atoms with van der Waals surface area (Å²) < 4.78 is 25.9. The summed E-state index contributed by atoms with van der Waals surface area (Å²) in [6.07, 6.45) is 0. The molecule has 1 aromatic heterocycles. The van der Waals surface area contributed by atoms with Crippen molar-refractivity contribution in [2.75, 3.05) is 20.8 Å². The van der Waals surface area contributed by atoms with Crippen molar-refractivity contribution >= 4 is 16.9 Å². The Morgan fingerprint density at radius 3 is 2.30 bits per heavy atom. The van der Waals surface area contributed by atoms with Crippen molar-refractivity contribution in [3.63, 3.8) is 0 Å². The molecule has 0 aliphatic carbocycles. The van der Waals surface area contributed by atoms with Gasteiger partial charge in [-0.1, -0.05) is 0 Å². The number of rotatable bonds is 7. The molecule has 0 amide bonds. The van der Waals surface area contributed by atoms with Crippen LogP contribution in [-0.2, 0) is 16.1 Å². The van der Waals surface area contributed by atoms with E-state index in [-0.39, 0.29) is 13.2 Å². The van der Waals surface area contributed by atoms with E-state index >= 15 is 0 Å². The standard InChI is InChI=1S/C20H18O7/c1-23-14-3-5-15(6-4-14)25-12-20(22)26-11-13-9-19(21)27-18-10-16(24-2)7-8-17(13)18/h3-10H,11-12H2,1-2H3. The zero-order valence-corrected chi connectivity index (χ0v) is 14.9. The molecule has 0 spiro atoms. The topological polar surface area (TPSA) is 84.2 Å². The first-order valence-electron chi connectivity index (χ1n) is 8.12. The predicted octanol–water partition coefficient (Wildman–Crippen LogP) is 2.93. The Bertz CT molecular complexity index is 989. The number of methoxy groups -OCH3 is 2. The molecule has 140 valence electrons. The van der Waals surface area contributed by atoms with Crippen LogP contribution in [0.1, 0.15) is 5.56 Å². The van der Waals surface area contributed by atoms with Crippen LogP contribution in [0, 0.1) is 0 Å². The second-order valence-electron chi connectivity index (χ2n) is 5.58. The predicted molar refractivity (Wildman–Crippen MR) is 97.3 cm³/mol. The lowest BCUT2D eigenvalue weighted by atomic mass is 10.1. The molecule has 1 heterocycles. The lowest BCUT2D eigenvalue weighted by molar-refractivity contribution is -0.147. The molecule has 2 aromatic carbocycles. The first kappa shape index (κ1) is 18.3. The van der Waals surface area contributed by atoms with Gasteiger partial charge in [0, 0.05) is 23.1 Å². The van der Waals surface area contributed by atoms with Crippen molar-refractivity contribution in [3.8, 4) is 17.2 Å². The molecule has 3 rings (SSSR count). The van der Waals surface area contributed by atoms with E-state index in [1.54, 1.807) is 49.6 Å². The van der Waals surface area contributed by atoms with E-state index < -0.39 is 11.6 Å². The van der Waals surface area contributed by atoms with Crippen molar-refractivity contribution in [3.05, 3.63) is 64.5 Å². The van der Waals surface area contributed by atoms with Crippen molar-refractivity contribution < 1.29 is 28.2 Å². The molecule has 27 heavy (non-hydrogen) atoms. The molecule has 0 saturated carbocycles. The molecule has 0 unspecified atom stereocenters. The van der Waals surface area contributed by atoms with Gasteiger partial charge in [-0.15, -0.1) is 0 Å². The van der Waals surface area contributed by atoms with Gasteiger partial charge in [-0.3, -0.25) is 0 Å². The third kappa shape index (κ3) is 4.58. The average molecular weight is 370 g/mol. The van der Waals surface area contributed by atoms with Crippen molar-refractivity contribution in [1.82, 2.24) is 0 Å². The highest BCUT2D eigenvalue weighted by molar-refractivity contribution is 5.81. The second kappa shape index (κ2) is 8.27. The van der Waals surface area contributed by atoms with Gasteiger partial charge in [0.1, 0.15) is 29.4 Å².